The van der Waals surface area contributed by atoms with Gasteiger partial charge in [0.1, 0.15) is 5.82 Å². The van der Waals surface area contributed by atoms with Crippen LogP contribution in [0.5, 0.6) is 0 Å². The average Bonchev–Trinajstić information content (AvgIpc) is 2.80. The molecule has 144 valence electrons. The molecule has 0 spiro atoms. The summed E-state index contributed by atoms with van der Waals surface area (Å²) in [6, 6.07) is 24.8. The van der Waals surface area contributed by atoms with Crippen LogP contribution in [-0.2, 0) is 0 Å². The number of hydrogen-bond donors (Lipinski definition) is 0. The highest BCUT2D eigenvalue weighted by atomic mass is 15.3. The van der Waals surface area contributed by atoms with E-state index < -0.39 is 0 Å². The summed E-state index contributed by atoms with van der Waals surface area (Å²) in [5.41, 5.74) is 4.33. The van der Waals surface area contributed by atoms with Crippen LogP contribution in [0.3, 0.4) is 0 Å². The van der Waals surface area contributed by atoms with E-state index in [9.17, 15) is 0 Å². The van der Waals surface area contributed by atoms with Crippen molar-refractivity contribution in [2.45, 2.75) is 6.92 Å². The van der Waals surface area contributed by atoms with Crippen LogP contribution in [0.4, 0.5) is 11.6 Å². The molecule has 0 amide bonds. The van der Waals surface area contributed by atoms with Crippen LogP contribution >= 0.6 is 0 Å². The van der Waals surface area contributed by atoms with Gasteiger partial charge in [-0.25, -0.2) is 4.98 Å². The van der Waals surface area contributed by atoms with Gasteiger partial charge in [-0.15, -0.1) is 10.2 Å². The van der Waals surface area contributed by atoms with Crippen LogP contribution in [-0.4, -0.2) is 41.4 Å². The van der Waals surface area contributed by atoms with Crippen LogP contribution in [0.15, 0.2) is 72.8 Å². The summed E-state index contributed by atoms with van der Waals surface area (Å²) in [4.78, 5) is 9.54. The zero-order chi connectivity index (χ0) is 19.6. The lowest BCUT2D eigenvalue weighted by atomic mass is 10.1. The van der Waals surface area contributed by atoms with E-state index in [1.165, 1.54) is 10.9 Å². The molecule has 5 heteroatoms. The maximum Gasteiger partial charge on any atom is 0.151 e. The van der Waals surface area contributed by atoms with Crippen LogP contribution in [0.2, 0.25) is 0 Å². The van der Waals surface area contributed by atoms with Gasteiger partial charge < -0.3 is 9.80 Å². The molecule has 5 rings (SSSR count). The van der Waals surface area contributed by atoms with Crippen LogP contribution < -0.4 is 9.80 Å². The Morgan fingerprint density at radius 1 is 0.690 bits per heavy atom. The van der Waals surface area contributed by atoms with Crippen molar-refractivity contribution in [2.75, 3.05) is 36.0 Å². The van der Waals surface area contributed by atoms with Crippen molar-refractivity contribution in [1.82, 2.24) is 15.2 Å². The van der Waals surface area contributed by atoms with Gasteiger partial charge in [0.2, 0.25) is 0 Å². The molecule has 0 aliphatic carbocycles. The second-order valence-electron chi connectivity index (χ2n) is 7.43. The predicted octanol–water partition coefficient (Wildman–Crippen LogP) is 4.33. The van der Waals surface area contributed by atoms with Gasteiger partial charge in [0.05, 0.1) is 11.2 Å². The number of anilines is 2. The number of pyridine rings is 1. The van der Waals surface area contributed by atoms with Gasteiger partial charge >= 0.3 is 0 Å². The molecule has 0 atom stereocenters. The van der Waals surface area contributed by atoms with Crippen LogP contribution in [0, 0.1) is 6.92 Å². The number of hydrogen-bond acceptors (Lipinski definition) is 5. The number of para-hydroxylation sites is 1. The Labute approximate surface area is 170 Å². The highest BCUT2D eigenvalue weighted by Gasteiger charge is 2.20. The molecule has 0 N–H and O–H groups in total. The molecule has 0 bridgehead atoms. The summed E-state index contributed by atoms with van der Waals surface area (Å²) in [7, 11) is 0. The van der Waals surface area contributed by atoms with E-state index in [2.05, 4.69) is 75.5 Å². The number of nitrogens with zero attached hydrogens (tertiary/aromatic N) is 5. The van der Waals surface area contributed by atoms with Crippen molar-refractivity contribution < 1.29 is 0 Å². The second-order valence-corrected chi connectivity index (χ2v) is 7.43. The molecule has 4 aromatic rings. The number of aromatic nitrogens is 3. The Kier molecular flexibility index (Phi) is 4.56. The van der Waals surface area contributed by atoms with Crippen molar-refractivity contribution >= 4 is 22.5 Å². The van der Waals surface area contributed by atoms with Crippen molar-refractivity contribution in [3.8, 4) is 11.3 Å². The number of rotatable bonds is 3. The molecule has 0 radical (unpaired) electrons. The quantitative estimate of drug-likeness (QED) is 0.529. The number of piperazine rings is 1. The molecule has 5 nitrogen and oxygen atoms in total. The fourth-order valence-corrected chi connectivity index (χ4v) is 3.92. The minimum Gasteiger partial charge on any atom is -0.353 e. The topological polar surface area (TPSA) is 45.2 Å². The zero-order valence-corrected chi connectivity index (χ0v) is 16.5. The van der Waals surface area contributed by atoms with Gasteiger partial charge in [0.25, 0.3) is 0 Å². The molecular formula is C24H23N5. The van der Waals surface area contributed by atoms with E-state index in [0.29, 0.717) is 0 Å². The average molecular weight is 381 g/mol. The van der Waals surface area contributed by atoms with Gasteiger partial charge in [0.15, 0.2) is 5.82 Å². The van der Waals surface area contributed by atoms with E-state index in [1.54, 1.807) is 0 Å². The van der Waals surface area contributed by atoms with E-state index >= 15 is 0 Å². The summed E-state index contributed by atoms with van der Waals surface area (Å²) < 4.78 is 0. The molecule has 0 saturated carbocycles. The largest absolute Gasteiger partial charge is 0.353 e. The lowest BCUT2D eigenvalue weighted by molar-refractivity contribution is 0.639. The van der Waals surface area contributed by atoms with Gasteiger partial charge in [-0.05, 0) is 36.8 Å². The molecule has 2 aromatic carbocycles. The van der Waals surface area contributed by atoms with E-state index in [0.717, 1.165) is 54.6 Å². The number of benzene rings is 2. The Bertz CT molecular complexity index is 1120. The summed E-state index contributed by atoms with van der Waals surface area (Å²) >= 11 is 0. The standard InChI is InChI=1S/C24H23N5/c1-18-17-24(25-22-10-6-5-9-20(18)22)29-15-13-28(14-16-29)23-12-11-21(26-27-23)19-7-3-2-4-8-19/h2-12,17H,13-16H2,1H3. The lowest BCUT2D eigenvalue weighted by Gasteiger charge is -2.36. The fraction of sp³-hybridized carbons (Fsp3) is 0.208. The van der Waals surface area contributed by atoms with Crippen LogP contribution in [0.25, 0.3) is 22.2 Å². The molecule has 0 unspecified atom stereocenters. The van der Waals surface area contributed by atoms with E-state index in [4.69, 9.17) is 4.98 Å². The summed E-state index contributed by atoms with van der Waals surface area (Å²) in [5.74, 6) is 2.00. The minimum atomic E-state index is 0.906. The molecule has 1 aliphatic heterocycles. The van der Waals surface area contributed by atoms with E-state index in [1.807, 2.05) is 24.3 Å². The summed E-state index contributed by atoms with van der Waals surface area (Å²) in [6.45, 7) is 5.83. The smallest absolute Gasteiger partial charge is 0.151 e. The van der Waals surface area contributed by atoms with Crippen LogP contribution in [0.1, 0.15) is 5.56 Å². The molecule has 1 saturated heterocycles. The van der Waals surface area contributed by atoms with Crippen molar-refractivity contribution in [1.29, 1.82) is 0 Å². The third kappa shape index (κ3) is 3.51. The highest BCUT2D eigenvalue weighted by Crippen LogP contribution is 2.24. The second kappa shape index (κ2) is 7.51. The lowest BCUT2D eigenvalue weighted by Crippen LogP contribution is -2.47. The first-order chi connectivity index (χ1) is 14.3. The van der Waals surface area contributed by atoms with Gasteiger partial charge in [-0.3, -0.25) is 0 Å². The van der Waals surface area contributed by atoms with Gasteiger partial charge in [0, 0.05) is 37.1 Å². The predicted molar refractivity (Wildman–Crippen MR) is 118 cm³/mol. The minimum absolute atomic E-state index is 0.906. The Hall–Kier alpha value is -3.47. The SMILES string of the molecule is Cc1cc(N2CCN(c3ccc(-c4ccccc4)nn3)CC2)nc2ccccc12. The molecule has 29 heavy (non-hydrogen) atoms. The monoisotopic (exact) mass is 381 g/mol. The zero-order valence-electron chi connectivity index (χ0n) is 16.5. The fourth-order valence-electron chi connectivity index (χ4n) is 3.92. The molecule has 2 aromatic heterocycles. The Morgan fingerprint density at radius 3 is 2.10 bits per heavy atom. The first-order valence-electron chi connectivity index (χ1n) is 10.0. The first kappa shape index (κ1) is 17.6. The third-order valence-electron chi connectivity index (χ3n) is 5.56. The Morgan fingerprint density at radius 2 is 1.38 bits per heavy atom. The van der Waals surface area contributed by atoms with E-state index in [-0.39, 0.29) is 0 Å². The Balaban J connectivity index is 1.29. The maximum atomic E-state index is 4.88. The molecular weight excluding hydrogens is 358 g/mol. The first-order valence-corrected chi connectivity index (χ1v) is 10.0. The molecule has 1 fully saturated rings. The molecule has 1 aliphatic rings. The summed E-state index contributed by atoms with van der Waals surface area (Å²) in [6.07, 6.45) is 0. The molecule has 3 heterocycles. The number of aryl methyl sites for hydroxylation is 1. The van der Waals surface area contributed by atoms with Crippen molar-refractivity contribution in [2.24, 2.45) is 0 Å². The normalized spacial score (nSPS) is 14.4. The van der Waals surface area contributed by atoms with Gasteiger partial charge in [-0.1, -0.05) is 48.5 Å². The third-order valence-corrected chi connectivity index (χ3v) is 5.56. The maximum absolute atomic E-state index is 4.88. The number of fused-ring (bicyclic) bond motifs is 1. The highest BCUT2D eigenvalue weighted by molar-refractivity contribution is 5.83. The van der Waals surface area contributed by atoms with Crippen molar-refractivity contribution in [3.63, 3.8) is 0 Å². The van der Waals surface area contributed by atoms with Gasteiger partial charge in [-0.2, -0.15) is 0 Å². The van der Waals surface area contributed by atoms with Crippen molar-refractivity contribution in [3.05, 3.63) is 78.4 Å². The summed E-state index contributed by atoms with van der Waals surface area (Å²) in [5, 5.41) is 10.1.